The lowest BCUT2D eigenvalue weighted by molar-refractivity contribution is 0.0994. The molecule has 1 N–H and O–H groups in total. The molecule has 1 aromatic heterocycles. The first-order valence-electron chi connectivity index (χ1n) is 9.01. The van der Waals surface area contributed by atoms with Crippen molar-refractivity contribution in [3.63, 3.8) is 0 Å². The van der Waals surface area contributed by atoms with Crippen LogP contribution in [0.25, 0.3) is 0 Å². The molecule has 2 aromatic carbocycles. The Labute approximate surface area is 179 Å². The zero-order chi connectivity index (χ0) is 21.7. The fourth-order valence-electron chi connectivity index (χ4n) is 2.94. The van der Waals surface area contributed by atoms with Crippen molar-refractivity contribution >= 4 is 23.2 Å². The predicted molar refractivity (Wildman–Crippen MR) is 114 cm³/mol. The first kappa shape index (κ1) is 21.4. The van der Waals surface area contributed by atoms with Crippen LogP contribution in [0, 0.1) is 0 Å². The van der Waals surface area contributed by atoms with Crippen molar-refractivity contribution in [3.05, 3.63) is 64.6 Å². The number of rotatable bonds is 8. The molecule has 30 heavy (non-hydrogen) atoms. The highest BCUT2D eigenvalue weighted by molar-refractivity contribution is 6.32. The molecule has 0 atom stereocenters. The molecule has 3 aromatic rings. The monoisotopic (exact) mass is 431 g/mol. The van der Waals surface area contributed by atoms with Crippen molar-refractivity contribution in [2.45, 2.75) is 6.42 Å². The number of hydrogen-bond donors (Lipinski definition) is 1. The molecule has 0 radical (unpaired) electrons. The van der Waals surface area contributed by atoms with Gasteiger partial charge in [-0.2, -0.15) is 0 Å². The molecule has 7 nitrogen and oxygen atoms in total. The summed E-state index contributed by atoms with van der Waals surface area (Å²) in [5.74, 6) is 2.59. The lowest BCUT2D eigenvalue weighted by atomic mass is 10.1. The molecule has 0 aliphatic rings. The molecule has 0 saturated heterocycles. The van der Waals surface area contributed by atoms with Crippen LogP contribution in [0.2, 0.25) is 5.02 Å². The van der Waals surface area contributed by atoms with Gasteiger partial charge in [0.2, 0.25) is 0 Å². The van der Waals surface area contributed by atoms with Crippen molar-refractivity contribution in [1.82, 2.24) is 0 Å². The molecular weight excluding hydrogens is 410 g/mol. The molecular formula is C22H22ClNO6. The largest absolute Gasteiger partial charge is 0.497 e. The number of carbonyl (C=O) groups excluding carboxylic acids is 1. The van der Waals surface area contributed by atoms with Gasteiger partial charge in [-0.25, -0.2) is 0 Å². The maximum absolute atomic E-state index is 12.7. The Morgan fingerprint density at radius 3 is 2.30 bits per heavy atom. The van der Waals surface area contributed by atoms with Gasteiger partial charge in [0.25, 0.3) is 5.91 Å². The summed E-state index contributed by atoms with van der Waals surface area (Å²) < 4.78 is 26.9. The lowest BCUT2D eigenvalue weighted by Gasteiger charge is -2.12. The van der Waals surface area contributed by atoms with Gasteiger partial charge in [0, 0.05) is 18.1 Å². The third-order valence-electron chi connectivity index (χ3n) is 4.46. The van der Waals surface area contributed by atoms with Gasteiger partial charge in [0.05, 0.1) is 39.1 Å². The minimum Gasteiger partial charge on any atom is -0.497 e. The number of hydrogen-bond acceptors (Lipinski definition) is 6. The number of amides is 1. The van der Waals surface area contributed by atoms with E-state index in [-0.39, 0.29) is 5.76 Å². The van der Waals surface area contributed by atoms with Crippen LogP contribution in [-0.4, -0.2) is 34.3 Å². The second-order valence-electron chi connectivity index (χ2n) is 6.26. The van der Waals surface area contributed by atoms with Crippen molar-refractivity contribution in [2.75, 3.05) is 33.8 Å². The smallest absolute Gasteiger partial charge is 0.291 e. The van der Waals surface area contributed by atoms with Crippen LogP contribution in [0.15, 0.2) is 46.9 Å². The summed E-state index contributed by atoms with van der Waals surface area (Å²) in [6.07, 6.45) is 0.436. The van der Waals surface area contributed by atoms with Gasteiger partial charge in [-0.3, -0.25) is 4.79 Å². The molecule has 1 amide bonds. The number of ether oxygens (including phenoxy) is 4. The Morgan fingerprint density at radius 2 is 1.63 bits per heavy atom. The van der Waals surface area contributed by atoms with E-state index in [1.165, 1.54) is 14.2 Å². The van der Waals surface area contributed by atoms with Crippen LogP contribution < -0.4 is 24.3 Å². The SMILES string of the molecule is COc1ccc(OC)c(Cc2ccc(C(=O)Nc3cc(Cl)c(OC)cc3OC)o2)c1. The summed E-state index contributed by atoms with van der Waals surface area (Å²) in [6, 6.07) is 12.0. The van der Waals surface area contributed by atoms with Gasteiger partial charge in [0.1, 0.15) is 28.8 Å². The summed E-state index contributed by atoms with van der Waals surface area (Å²) >= 11 is 6.16. The zero-order valence-electron chi connectivity index (χ0n) is 17.1. The summed E-state index contributed by atoms with van der Waals surface area (Å²) in [5.41, 5.74) is 1.28. The number of furan rings is 1. The van der Waals surface area contributed by atoms with Crippen molar-refractivity contribution in [1.29, 1.82) is 0 Å². The lowest BCUT2D eigenvalue weighted by Crippen LogP contribution is -2.12. The summed E-state index contributed by atoms with van der Waals surface area (Å²) in [7, 11) is 6.19. The Morgan fingerprint density at radius 1 is 0.900 bits per heavy atom. The van der Waals surface area contributed by atoms with Crippen molar-refractivity contribution < 1.29 is 28.2 Å². The fraction of sp³-hybridized carbons (Fsp3) is 0.227. The first-order valence-corrected chi connectivity index (χ1v) is 9.39. The second-order valence-corrected chi connectivity index (χ2v) is 6.67. The van der Waals surface area contributed by atoms with Crippen LogP contribution in [0.5, 0.6) is 23.0 Å². The molecule has 0 saturated carbocycles. The highest BCUT2D eigenvalue weighted by Crippen LogP contribution is 2.36. The average molecular weight is 432 g/mol. The van der Waals surface area contributed by atoms with Crippen LogP contribution >= 0.6 is 11.6 Å². The number of anilines is 1. The minimum atomic E-state index is -0.432. The summed E-state index contributed by atoms with van der Waals surface area (Å²) in [6.45, 7) is 0. The van der Waals surface area contributed by atoms with E-state index in [4.69, 9.17) is 35.0 Å². The molecule has 8 heteroatoms. The zero-order valence-corrected chi connectivity index (χ0v) is 17.8. The maximum Gasteiger partial charge on any atom is 0.291 e. The number of halogens is 1. The topological polar surface area (TPSA) is 79.2 Å². The number of benzene rings is 2. The fourth-order valence-corrected chi connectivity index (χ4v) is 3.19. The molecule has 0 aliphatic carbocycles. The van der Waals surface area contributed by atoms with Gasteiger partial charge in [-0.05, 0) is 36.4 Å². The molecule has 1 heterocycles. The van der Waals surface area contributed by atoms with E-state index in [2.05, 4.69) is 5.32 Å². The van der Waals surface area contributed by atoms with E-state index >= 15 is 0 Å². The molecule has 158 valence electrons. The van der Waals surface area contributed by atoms with Crippen LogP contribution in [0.3, 0.4) is 0 Å². The molecule has 0 spiro atoms. The van der Waals surface area contributed by atoms with E-state index in [1.807, 2.05) is 18.2 Å². The minimum absolute atomic E-state index is 0.154. The number of nitrogens with one attached hydrogen (secondary N) is 1. The van der Waals surface area contributed by atoms with Crippen molar-refractivity contribution in [3.8, 4) is 23.0 Å². The van der Waals surface area contributed by atoms with Crippen molar-refractivity contribution in [2.24, 2.45) is 0 Å². The summed E-state index contributed by atoms with van der Waals surface area (Å²) in [5, 5.41) is 3.09. The Bertz CT molecular complexity index is 1050. The molecule has 0 aliphatic heterocycles. The summed E-state index contributed by atoms with van der Waals surface area (Å²) in [4.78, 5) is 12.7. The Hall–Kier alpha value is -3.32. The van der Waals surface area contributed by atoms with E-state index in [0.29, 0.717) is 45.9 Å². The Balaban J connectivity index is 1.79. The third kappa shape index (κ3) is 4.63. The second kappa shape index (κ2) is 9.45. The number of carbonyl (C=O) groups is 1. The highest BCUT2D eigenvalue weighted by atomic mass is 35.5. The Kier molecular flexibility index (Phi) is 6.74. The van der Waals surface area contributed by atoms with E-state index in [9.17, 15) is 4.79 Å². The van der Waals surface area contributed by atoms with E-state index in [0.717, 1.165) is 5.56 Å². The molecule has 0 fully saturated rings. The quantitative estimate of drug-likeness (QED) is 0.551. The molecule has 0 unspecified atom stereocenters. The molecule has 3 rings (SSSR count). The average Bonchev–Trinajstić information content (AvgIpc) is 3.22. The van der Waals surface area contributed by atoms with Crippen LogP contribution in [0.1, 0.15) is 21.9 Å². The standard InChI is InChI=1S/C22H22ClNO6/c1-26-14-5-7-18(27-2)13(9-14)10-15-6-8-19(30-15)22(25)24-17-11-16(23)20(28-3)12-21(17)29-4/h5-9,11-12H,10H2,1-4H3,(H,24,25). The van der Waals surface area contributed by atoms with E-state index < -0.39 is 5.91 Å². The van der Waals surface area contributed by atoms with Gasteiger partial charge >= 0.3 is 0 Å². The highest BCUT2D eigenvalue weighted by Gasteiger charge is 2.17. The van der Waals surface area contributed by atoms with E-state index in [1.54, 1.807) is 38.5 Å². The van der Waals surface area contributed by atoms with Gasteiger partial charge < -0.3 is 28.7 Å². The van der Waals surface area contributed by atoms with Gasteiger partial charge in [-0.1, -0.05) is 11.6 Å². The first-order chi connectivity index (χ1) is 14.5. The van der Waals surface area contributed by atoms with Gasteiger partial charge in [0.15, 0.2) is 5.76 Å². The maximum atomic E-state index is 12.7. The third-order valence-corrected chi connectivity index (χ3v) is 4.76. The van der Waals surface area contributed by atoms with Crippen LogP contribution in [0.4, 0.5) is 5.69 Å². The predicted octanol–water partition coefficient (Wildman–Crippen LogP) is 4.81. The number of methoxy groups -OCH3 is 4. The normalized spacial score (nSPS) is 10.4. The molecule has 0 bridgehead atoms. The van der Waals surface area contributed by atoms with Gasteiger partial charge in [-0.15, -0.1) is 0 Å². The van der Waals surface area contributed by atoms with Crippen LogP contribution in [-0.2, 0) is 6.42 Å².